The molecular weight excluding hydrogens is 1330 g/mol. The molecule has 3 N–H and O–H groups in total. The van der Waals surface area contributed by atoms with Crippen LogP contribution in [-0.4, -0.2) is 96.7 Å². The van der Waals surface area contributed by atoms with E-state index in [0.29, 0.717) is 32.1 Å². The third-order valence-electron chi connectivity index (χ3n) is 17.7. The summed E-state index contributed by atoms with van der Waals surface area (Å²) in [5, 5.41) is 10.6. The molecule has 0 heterocycles. The monoisotopic (exact) mass is 1480 g/mol. The van der Waals surface area contributed by atoms with Gasteiger partial charge in [0.05, 0.1) is 26.4 Å². The molecule has 594 valence electrons. The topological polar surface area (TPSA) is 237 Å². The zero-order chi connectivity index (χ0) is 74.6. The maximum atomic E-state index is 13.1. The van der Waals surface area contributed by atoms with Crippen LogP contribution < -0.4 is 0 Å². The highest BCUT2D eigenvalue weighted by Crippen LogP contribution is 2.45. The minimum Gasteiger partial charge on any atom is -0.462 e. The molecule has 102 heavy (non-hydrogen) atoms. The molecule has 0 amide bonds. The lowest BCUT2D eigenvalue weighted by Gasteiger charge is -2.21. The lowest BCUT2D eigenvalue weighted by Crippen LogP contribution is -2.30. The normalized spacial score (nSPS) is 14.2. The number of phosphoric ester groups is 2. The van der Waals surface area contributed by atoms with Crippen molar-refractivity contribution in [2.45, 2.75) is 393 Å². The van der Waals surface area contributed by atoms with Gasteiger partial charge in [-0.2, -0.15) is 0 Å². The Morgan fingerprint density at radius 2 is 0.520 bits per heavy atom. The van der Waals surface area contributed by atoms with Gasteiger partial charge in [0.25, 0.3) is 0 Å². The molecule has 0 aromatic rings. The maximum Gasteiger partial charge on any atom is 0.472 e. The van der Waals surface area contributed by atoms with Gasteiger partial charge in [-0.05, 0) is 89.9 Å². The van der Waals surface area contributed by atoms with Gasteiger partial charge >= 0.3 is 39.5 Å². The van der Waals surface area contributed by atoms with Crippen LogP contribution in [0.15, 0.2) is 72.9 Å². The highest BCUT2D eigenvalue weighted by molar-refractivity contribution is 7.47. The van der Waals surface area contributed by atoms with Crippen molar-refractivity contribution >= 4 is 39.5 Å². The molecule has 0 saturated heterocycles. The molecule has 0 saturated carbocycles. The van der Waals surface area contributed by atoms with E-state index < -0.39 is 97.5 Å². The average molecular weight is 1480 g/mol. The molecule has 5 unspecified atom stereocenters. The molecule has 5 atom stereocenters. The van der Waals surface area contributed by atoms with Crippen molar-refractivity contribution in [1.82, 2.24) is 0 Å². The lowest BCUT2D eigenvalue weighted by molar-refractivity contribution is -0.161. The fraction of sp³-hybridized carbons (Fsp3) is 0.807. The number of carbonyl (C=O) groups excluding carboxylic acids is 4. The second kappa shape index (κ2) is 75.7. The summed E-state index contributed by atoms with van der Waals surface area (Å²) in [5.41, 5.74) is 0. The third kappa shape index (κ3) is 74.8. The Labute approximate surface area is 622 Å². The number of rotatable bonds is 78. The molecule has 17 nitrogen and oxygen atoms in total. The summed E-state index contributed by atoms with van der Waals surface area (Å²) in [6.07, 6.45) is 77.3. The van der Waals surface area contributed by atoms with Crippen LogP contribution in [0, 0.1) is 0 Å². The Kier molecular flexibility index (Phi) is 73.1. The van der Waals surface area contributed by atoms with Crippen LogP contribution in [0.25, 0.3) is 0 Å². The average Bonchev–Trinajstić information content (AvgIpc) is 0.923. The van der Waals surface area contributed by atoms with Crippen molar-refractivity contribution in [3.05, 3.63) is 72.9 Å². The predicted octanol–water partition coefficient (Wildman–Crippen LogP) is 24.0. The molecule has 0 rings (SSSR count). The first kappa shape index (κ1) is 98.5. The zero-order valence-electron chi connectivity index (χ0n) is 65.0. The molecular formula is C83H150O17P2. The van der Waals surface area contributed by atoms with Gasteiger partial charge in [0.1, 0.15) is 19.3 Å². The van der Waals surface area contributed by atoms with Crippen molar-refractivity contribution in [1.29, 1.82) is 0 Å². The standard InChI is InChI=1S/C83H150O17P2/c1-5-9-13-17-21-25-29-33-37-38-42-44-48-52-56-60-64-68-81(86)94-74-79(100-83(88)70-66-62-58-54-50-46-41-36-32-28-24-20-16-12-8-4)76-98-102(91,92)96-72-77(84)71-95-101(89,90)97-75-78(99-82(87)69-65-61-57-53-49-45-40-35-31-27-23-19-15-11-7-3)73-93-80(85)67-63-59-55-51-47-43-39-34-30-26-22-18-14-10-6-2/h9,13,21,25,33-34,37,39,42,44,52,56,77-79,84H,5-8,10-12,14-20,22-24,26-32,35-36,38,40-41,43,45-51,53-55,57-76H2,1-4H3,(H,89,90)(H,91,92)/b13-9-,25-21-,37-33-,39-34-,44-42-,56-52-. The Morgan fingerprint density at radius 1 is 0.284 bits per heavy atom. The van der Waals surface area contributed by atoms with Crippen molar-refractivity contribution in [3.8, 4) is 0 Å². The molecule has 0 aliphatic heterocycles. The van der Waals surface area contributed by atoms with Gasteiger partial charge in [-0.15, -0.1) is 0 Å². The van der Waals surface area contributed by atoms with Crippen molar-refractivity contribution < 1.29 is 80.2 Å². The molecule has 0 bridgehead atoms. The first-order valence-corrected chi connectivity index (χ1v) is 44.2. The van der Waals surface area contributed by atoms with Gasteiger partial charge in [-0.25, -0.2) is 9.13 Å². The largest absolute Gasteiger partial charge is 0.472 e. The van der Waals surface area contributed by atoms with E-state index in [1.54, 1.807) is 0 Å². The second-order valence-electron chi connectivity index (χ2n) is 27.7. The number of hydrogen-bond acceptors (Lipinski definition) is 15. The summed E-state index contributed by atoms with van der Waals surface area (Å²) in [5.74, 6) is -2.21. The first-order chi connectivity index (χ1) is 49.7. The van der Waals surface area contributed by atoms with Gasteiger partial charge in [0.15, 0.2) is 12.2 Å². The minimum atomic E-state index is -4.98. The fourth-order valence-corrected chi connectivity index (χ4v) is 13.0. The van der Waals surface area contributed by atoms with Crippen molar-refractivity contribution in [2.75, 3.05) is 39.6 Å². The summed E-state index contributed by atoms with van der Waals surface area (Å²) in [4.78, 5) is 73.0. The summed E-state index contributed by atoms with van der Waals surface area (Å²) in [6.45, 7) is 4.77. The highest BCUT2D eigenvalue weighted by Gasteiger charge is 2.30. The Bertz CT molecular complexity index is 2210. The number of phosphoric acid groups is 2. The van der Waals surface area contributed by atoms with E-state index in [1.807, 2.05) is 12.2 Å². The zero-order valence-corrected chi connectivity index (χ0v) is 66.8. The Morgan fingerprint density at radius 3 is 0.833 bits per heavy atom. The van der Waals surface area contributed by atoms with E-state index in [0.717, 1.165) is 122 Å². The van der Waals surface area contributed by atoms with Crippen molar-refractivity contribution in [2.24, 2.45) is 0 Å². The number of allylic oxidation sites excluding steroid dienone is 12. The number of ether oxygens (including phenoxy) is 4. The minimum absolute atomic E-state index is 0.0871. The maximum absolute atomic E-state index is 13.1. The quantitative estimate of drug-likeness (QED) is 0.0169. The number of unbranched alkanes of at least 4 members (excludes halogenated alkanes) is 40. The second-order valence-corrected chi connectivity index (χ2v) is 30.6. The molecule has 19 heteroatoms. The number of carbonyl (C=O) groups is 4. The van der Waals surface area contributed by atoms with E-state index in [1.165, 1.54) is 167 Å². The van der Waals surface area contributed by atoms with Gasteiger partial charge in [-0.3, -0.25) is 37.3 Å². The molecule has 0 aliphatic rings. The fourth-order valence-electron chi connectivity index (χ4n) is 11.4. The summed E-state index contributed by atoms with van der Waals surface area (Å²) >= 11 is 0. The summed E-state index contributed by atoms with van der Waals surface area (Å²) in [6, 6.07) is 0. The number of aliphatic hydroxyl groups is 1. The number of hydrogen-bond donors (Lipinski definition) is 3. The van der Waals surface area contributed by atoms with E-state index in [2.05, 4.69) is 88.5 Å². The van der Waals surface area contributed by atoms with E-state index in [9.17, 15) is 43.2 Å². The number of esters is 4. The first-order valence-electron chi connectivity index (χ1n) is 41.2. The van der Waals surface area contributed by atoms with E-state index in [4.69, 9.17) is 37.0 Å². The molecule has 0 spiro atoms. The predicted molar refractivity (Wildman–Crippen MR) is 418 cm³/mol. The van der Waals surface area contributed by atoms with E-state index in [-0.39, 0.29) is 25.7 Å². The van der Waals surface area contributed by atoms with E-state index >= 15 is 0 Å². The van der Waals surface area contributed by atoms with Gasteiger partial charge < -0.3 is 33.8 Å². The van der Waals surface area contributed by atoms with Gasteiger partial charge in [0, 0.05) is 25.7 Å². The van der Waals surface area contributed by atoms with Crippen LogP contribution in [-0.2, 0) is 65.4 Å². The summed E-state index contributed by atoms with van der Waals surface area (Å²) in [7, 11) is -9.96. The third-order valence-corrected chi connectivity index (χ3v) is 19.6. The molecule has 0 aliphatic carbocycles. The smallest absolute Gasteiger partial charge is 0.462 e. The van der Waals surface area contributed by atoms with Crippen LogP contribution in [0.3, 0.4) is 0 Å². The van der Waals surface area contributed by atoms with Crippen molar-refractivity contribution in [3.63, 3.8) is 0 Å². The van der Waals surface area contributed by atoms with Crippen LogP contribution in [0.4, 0.5) is 0 Å². The molecule has 0 fully saturated rings. The van der Waals surface area contributed by atoms with Gasteiger partial charge in [0.2, 0.25) is 0 Å². The highest BCUT2D eigenvalue weighted by atomic mass is 31.2. The van der Waals surface area contributed by atoms with Crippen LogP contribution in [0.5, 0.6) is 0 Å². The molecule has 0 aromatic carbocycles. The van der Waals surface area contributed by atoms with Crippen LogP contribution >= 0.6 is 15.6 Å². The van der Waals surface area contributed by atoms with Crippen LogP contribution in [0.2, 0.25) is 0 Å². The SMILES string of the molecule is CC/C=C\C/C=C\C/C=C\C/C=C\C/C=C\CCCC(=O)OCC(COP(=O)(O)OCC(O)COP(=O)(O)OCC(COC(=O)CCCCCCC/C=C\CCCCCCCC)OC(=O)CCCCCCCCCCCCCCCCC)OC(=O)CCCCCCCCCCCCCCCCC. The molecule has 0 aromatic heterocycles. The Balaban J connectivity index is 5.37. The Hall–Kier alpha value is -3.50. The number of aliphatic hydroxyl groups excluding tert-OH is 1. The molecule has 0 radical (unpaired) electrons. The lowest BCUT2D eigenvalue weighted by atomic mass is 10.0. The summed E-state index contributed by atoms with van der Waals surface area (Å²) < 4.78 is 68.6. The van der Waals surface area contributed by atoms with Gasteiger partial charge in [-0.1, -0.05) is 332 Å². The van der Waals surface area contributed by atoms with Crippen LogP contribution in [0.1, 0.15) is 374 Å².